The maximum atomic E-state index is 11.0. The SMILES string of the molecule is C=CC(=O)OCCC[Si](CC)(CC)Oc1ccccc1. The molecule has 0 bridgehead atoms. The van der Waals surface area contributed by atoms with E-state index in [0.717, 1.165) is 30.3 Å². The van der Waals surface area contributed by atoms with E-state index in [-0.39, 0.29) is 5.97 Å². The van der Waals surface area contributed by atoms with E-state index < -0.39 is 8.32 Å². The van der Waals surface area contributed by atoms with Gasteiger partial charge in [0.05, 0.1) is 6.61 Å². The van der Waals surface area contributed by atoms with E-state index in [9.17, 15) is 4.79 Å². The van der Waals surface area contributed by atoms with Gasteiger partial charge >= 0.3 is 5.97 Å². The molecule has 110 valence electrons. The average Bonchev–Trinajstić information content (AvgIpc) is 2.51. The molecule has 0 fully saturated rings. The van der Waals surface area contributed by atoms with Gasteiger partial charge in [0.1, 0.15) is 5.75 Å². The van der Waals surface area contributed by atoms with Crippen LogP contribution in [0.2, 0.25) is 18.1 Å². The molecule has 1 aromatic rings. The Bertz CT molecular complexity index is 413. The molecule has 1 aromatic carbocycles. The highest BCUT2D eigenvalue weighted by Crippen LogP contribution is 2.26. The van der Waals surface area contributed by atoms with Crippen LogP contribution in [-0.4, -0.2) is 20.9 Å². The van der Waals surface area contributed by atoms with Crippen LogP contribution in [-0.2, 0) is 9.53 Å². The second-order valence-corrected chi connectivity index (χ2v) is 9.26. The Morgan fingerprint density at radius 1 is 1.25 bits per heavy atom. The monoisotopic (exact) mass is 292 g/mol. The van der Waals surface area contributed by atoms with Crippen LogP contribution in [0.4, 0.5) is 0 Å². The number of para-hydroxylation sites is 1. The van der Waals surface area contributed by atoms with Crippen molar-refractivity contribution in [2.45, 2.75) is 38.4 Å². The third-order valence-corrected chi connectivity index (χ3v) is 8.06. The summed E-state index contributed by atoms with van der Waals surface area (Å²) in [6.07, 6.45) is 2.05. The molecule has 0 unspecified atom stereocenters. The van der Waals surface area contributed by atoms with E-state index >= 15 is 0 Å². The molecule has 0 aliphatic carbocycles. The number of rotatable bonds is 9. The van der Waals surface area contributed by atoms with Gasteiger partial charge in [-0.1, -0.05) is 38.6 Å². The predicted octanol–water partition coefficient (Wildman–Crippen LogP) is 4.17. The zero-order chi connectivity index (χ0) is 14.8. The summed E-state index contributed by atoms with van der Waals surface area (Å²) in [6, 6.07) is 13.1. The lowest BCUT2D eigenvalue weighted by Crippen LogP contribution is -2.40. The Hall–Kier alpha value is -1.55. The number of hydrogen-bond acceptors (Lipinski definition) is 3. The Morgan fingerprint density at radius 2 is 1.90 bits per heavy atom. The van der Waals surface area contributed by atoms with E-state index in [2.05, 4.69) is 20.4 Å². The minimum atomic E-state index is -1.78. The Labute approximate surface area is 122 Å². The zero-order valence-electron chi connectivity index (χ0n) is 12.4. The molecule has 0 N–H and O–H groups in total. The number of hydrogen-bond donors (Lipinski definition) is 0. The molecule has 3 nitrogen and oxygen atoms in total. The van der Waals surface area contributed by atoms with Crippen LogP contribution in [0, 0.1) is 0 Å². The summed E-state index contributed by atoms with van der Waals surface area (Å²) in [6.45, 7) is 8.21. The summed E-state index contributed by atoms with van der Waals surface area (Å²) in [5, 5.41) is 0. The molecule has 0 saturated carbocycles. The molecule has 0 aromatic heterocycles. The smallest absolute Gasteiger partial charge is 0.330 e. The van der Waals surface area contributed by atoms with Crippen molar-refractivity contribution in [2.24, 2.45) is 0 Å². The van der Waals surface area contributed by atoms with Gasteiger partial charge in [0.2, 0.25) is 0 Å². The van der Waals surface area contributed by atoms with Crippen molar-refractivity contribution < 1.29 is 14.0 Å². The minimum Gasteiger partial charge on any atom is -0.543 e. The second-order valence-electron chi connectivity index (χ2n) is 4.78. The molecule has 0 aliphatic heterocycles. The van der Waals surface area contributed by atoms with E-state index in [1.54, 1.807) is 0 Å². The largest absolute Gasteiger partial charge is 0.543 e. The number of ether oxygens (including phenoxy) is 1. The minimum absolute atomic E-state index is 0.353. The fraction of sp³-hybridized carbons (Fsp3) is 0.438. The van der Waals surface area contributed by atoms with Gasteiger partial charge in [0.25, 0.3) is 8.32 Å². The van der Waals surface area contributed by atoms with Crippen molar-refractivity contribution in [3.63, 3.8) is 0 Å². The van der Waals surface area contributed by atoms with Crippen molar-refractivity contribution in [3.8, 4) is 5.75 Å². The molecule has 0 heterocycles. The fourth-order valence-corrected chi connectivity index (χ4v) is 5.19. The van der Waals surface area contributed by atoms with E-state index in [1.165, 1.54) is 6.08 Å². The summed E-state index contributed by atoms with van der Waals surface area (Å²) in [5.41, 5.74) is 0. The van der Waals surface area contributed by atoms with E-state index in [4.69, 9.17) is 9.16 Å². The van der Waals surface area contributed by atoms with Crippen LogP contribution in [0.25, 0.3) is 0 Å². The van der Waals surface area contributed by atoms with Gasteiger partial charge in [0.15, 0.2) is 0 Å². The quantitative estimate of drug-likeness (QED) is 0.296. The lowest BCUT2D eigenvalue weighted by Gasteiger charge is -2.30. The first kappa shape index (κ1) is 16.5. The molecule has 0 atom stereocenters. The molecule has 0 spiro atoms. The number of esters is 1. The molecular weight excluding hydrogens is 268 g/mol. The van der Waals surface area contributed by atoms with Gasteiger partial charge < -0.3 is 9.16 Å². The molecule has 4 heteroatoms. The molecule has 20 heavy (non-hydrogen) atoms. The first-order valence-corrected chi connectivity index (χ1v) is 9.72. The summed E-state index contributed by atoms with van der Waals surface area (Å²) in [4.78, 5) is 11.0. The average molecular weight is 292 g/mol. The predicted molar refractivity (Wildman–Crippen MR) is 84.4 cm³/mol. The standard InChI is InChI=1S/C16H24O3Si/c1-4-16(17)18-13-10-14-20(5-2,6-3)19-15-11-8-7-9-12-15/h4,7-9,11-12H,1,5-6,10,13-14H2,2-3H3. The molecule has 0 radical (unpaired) electrons. The van der Waals surface area contributed by atoms with Crippen LogP contribution in [0.1, 0.15) is 20.3 Å². The summed E-state index contributed by atoms with van der Waals surface area (Å²) in [5.74, 6) is 0.597. The molecule has 0 amide bonds. The van der Waals surface area contributed by atoms with Crippen molar-refractivity contribution in [1.82, 2.24) is 0 Å². The first-order chi connectivity index (χ1) is 9.65. The topological polar surface area (TPSA) is 35.5 Å². The Morgan fingerprint density at radius 3 is 2.45 bits per heavy atom. The maximum absolute atomic E-state index is 11.0. The number of carbonyl (C=O) groups excluding carboxylic acids is 1. The van der Waals surface area contributed by atoms with Crippen LogP contribution in [0.3, 0.4) is 0 Å². The maximum Gasteiger partial charge on any atom is 0.330 e. The fourth-order valence-electron chi connectivity index (χ4n) is 2.16. The van der Waals surface area contributed by atoms with Crippen LogP contribution >= 0.6 is 0 Å². The van der Waals surface area contributed by atoms with E-state index in [0.29, 0.717) is 6.61 Å². The lowest BCUT2D eigenvalue weighted by molar-refractivity contribution is -0.137. The zero-order valence-corrected chi connectivity index (χ0v) is 13.4. The third kappa shape index (κ3) is 5.21. The Kier molecular flexibility index (Phi) is 7.08. The molecule has 1 rings (SSSR count). The van der Waals surface area contributed by atoms with Crippen LogP contribution < -0.4 is 4.43 Å². The van der Waals surface area contributed by atoms with Gasteiger partial charge in [-0.25, -0.2) is 4.79 Å². The van der Waals surface area contributed by atoms with Crippen LogP contribution in [0.15, 0.2) is 43.0 Å². The van der Waals surface area contributed by atoms with Gasteiger partial charge in [-0.2, -0.15) is 0 Å². The van der Waals surface area contributed by atoms with Crippen molar-refractivity contribution in [1.29, 1.82) is 0 Å². The summed E-state index contributed by atoms with van der Waals surface area (Å²) in [7, 11) is -1.78. The molecule has 0 saturated heterocycles. The van der Waals surface area contributed by atoms with Crippen molar-refractivity contribution in [3.05, 3.63) is 43.0 Å². The summed E-state index contributed by atoms with van der Waals surface area (Å²) < 4.78 is 11.3. The van der Waals surface area contributed by atoms with Crippen molar-refractivity contribution >= 4 is 14.3 Å². The third-order valence-electron chi connectivity index (χ3n) is 3.55. The highest BCUT2D eigenvalue weighted by Gasteiger charge is 2.32. The van der Waals surface area contributed by atoms with Gasteiger partial charge in [0, 0.05) is 6.08 Å². The molecule has 0 aliphatic rings. The van der Waals surface area contributed by atoms with Gasteiger partial charge in [-0.3, -0.25) is 0 Å². The lowest BCUT2D eigenvalue weighted by atomic mass is 10.3. The first-order valence-electron chi connectivity index (χ1n) is 7.19. The van der Waals surface area contributed by atoms with E-state index in [1.807, 2.05) is 30.3 Å². The highest BCUT2D eigenvalue weighted by atomic mass is 28.4. The molecular formula is C16H24O3Si. The van der Waals surface area contributed by atoms with Crippen LogP contribution in [0.5, 0.6) is 5.75 Å². The summed E-state index contributed by atoms with van der Waals surface area (Å²) >= 11 is 0. The second kappa shape index (κ2) is 8.58. The van der Waals surface area contributed by atoms with Gasteiger partial charge in [-0.05, 0) is 36.7 Å². The number of benzene rings is 1. The van der Waals surface area contributed by atoms with Gasteiger partial charge in [-0.15, -0.1) is 0 Å². The number of carbonyl (C=O) groups is 1. The Balaban J connectivity index is 2.53. The van der Waals surface area contributed by atoms with Crippen molar-refractivity contribution in [2.75, 3.05) is 6.61 Å². The normalized spacial score (nSPS) is 10.9. The highest BCUT2D eigenvalue weighted by molar-refractivity contribution is 6.74.